The predicted molar refractivity (Wildman–Crippen MR) is 188 cm³/mol. The fourth-order valence-electron chi connectivity index (χ4n) is 4.73. The van der Waals surface area contributed by atoms with Crippen molar-refractivity contribution in [1.82, 2.24) is 0 Å². The molecule has 0 aromatic heterocycles. The number of carbonyl (C=O) groups excluding carboxylic acids is 2. The maximum absolute atomic E-state index is 12.5. The van der Waals surface area contributed by atoms with Gasteiger partial charge < -0.3 is 23.8 Å². The molecule has 0 aliphatic rings. The largest absolute Gasteiger partial charge is 0.477 e. The summed E-state index contributed by atoms with van der Waals surface area (Å²) in [4.78, 5) is 36.5. The van der Waals surface area contributed by atoms with Crippen LogP contribution in [0.15, 0.2) is 48.6 Å². The molecule has 2 unspecified atom stereocenters. The number of rotatable bonds is 30. The summed E-state index contributed by atoms with van der Waals surface area (Å²) in [5, 5.41) is 9.54. The number of unbranched alkanes of at least 4 members (excludes halogenated alkanes) is 9. The van der Waals surface area contributed by atoms with Gasteiger partial charge in [-0.15, -0.1) is 0 Å². The quantitative estimate of drug-likeness (QED) is 0.0361. The second-order valence-corrected chi connectivity index (χ2v) is 12.8. The maximum Gasteiger partial charge on any atom is 0.362 e. The van der Waals surface area contributed by atoms with E-state index in [2.05, 4.69) is 44.2 Å². The number of hydrogen-bond donors (Lipinski definition) is 1. The lowest BCUT2D eigenvalue weighted by atomic mass is 10.1. The number of carbonyl (C=O) groups is 3. The second kappa shape index (κ2) is 29.7. The van der Waals surface area contributed by atoms with E-state index in [0.717, 1.165) is 51.4 Å². The maximum atomic E-state index is 12.5. The summed E-state index contributed by atoms with van der Waals surface area (Å²) in [6.45, 7) is 4.45. The van der Waals surface area contributed by atoms with E-state index in [-0.39, 0.29) is 36.7 Å². The van der Waals surface area contributed by atoms with Gasteiger partial charge >= 0.3 is 17.9 Å². The van der Waals surface area contributed by atoms with Crippen molar-refractivity contribution in [3.8, 4) is 0 Å². The van der Waals surface area contributed by atoms with E-state index in [9.17, 15) is 19.5 Å². The third kappa shape index (κ3) is 27.6. The smallest absolute Gasteiger partial charge is 0.362 e. The van der Waals surface area contributed by atoms with Gasteiger partial charge in [0.25, 0.3) is 0 Å². The van der Waals surface area contributed by atoms with Crippen molar-refractivity contribution in [2.24, 2.45) is 0 Å². The molecule has 0 saturated carbocycles. The standard InChI is InChI=1S/C38H65NO7/c1-6-8-10-12-14-16-17-18-19-21-22-24-26-28-36(40)45-33-34(32-44-31-30-35(38(42)43)39(3,4)5)46-37(41)29-27-25-23-20-15-13-11-9-7-2/h9,11,15,18-20,25,27,34-35H,6-8,10,12-14,16-17,21-24,26,28-33H2,1-5H3/p+1/b11-9+,19-18+,20-15+,27-25+. The highest BCUT2D eigenvalue weighted by Crippen LogP contribution is 2.11. The van der Waals surface area contributed by atoms with Crippen molar-refractivity contribution in [2.75, 3.05) is 41.0 Å². The zero-order valence-corrected chi connectivity index (χ0v) is 29.8. The van der Waals surface area contributed by atoms with Gasteiger partial charge in [-0.2, -0.15) is 0 Å². The molecule has 0 bridgehead atoms. The van der Waals surface area contributed by atoms with Crippen LogP contribution in [0.1, 0.15) is 123 Å². The first-order valence-corrected chi connectivity index (χ1v) is 17.7. The lowest BCUT2D eigenvalue weighted by Crippen LogP contribution is -2.50. The van der Waals surface area contributed by atoms with Crippen LogP contribution in [0.2, 0.25) is 0 Å². The van der Waals surface area contributed by atoms with Crippen molar-refractivity contribution in [3.05, 3.63) is 48.6 Å². The Kier molecular flexibility index (Phi) is 27.9. The molecular weight excluding hydrogens is 582 g/mol. The minimum Gasteiger partial charge on any atom is -0.477 e. The Labute approximate surface area is 280 Å². The van der Waals surface area contributed by atoms with E-state index in [0.29, 0.717) is 12.8 Å². The molecule has 46 heavy (non-hydrogen) atoms. The summed E-state index contributed by atoms with van der Waals surface area (Å²) in [7, 11) is 5.47. The Morgan fingerprint density at radius 1 is 0.696 bits per heavy atom. The number of ether oxygens (including phenoxy) is 3. The third-order valence-electron chi connectivity index (χ3n) is 7.50. The number of aliphatic carboxylic acids is 1. The minimum absolute atomic E-state index is 0.0192. The van der Waals surface area contributed by atoms with Crippen LogP contribution in [0.5, 0.6) is 0 Å². The van der Waals surface area contributed by atoms with Crippen molar-refractivity contribution in [2.45, 2.75) is 135 Å². The van der Waals surface area contributed by atoms with E-state index in [4.69, 9.17) is 14.2 Å². The summed E-state index contributed by atoms with van der Waals surface area (Å²) in [5.74, 6) is -1.65. The van der Waals surface area contributed by atoms with Crippen LogP contribution in [0.3, 0.4) is 0 Å². The number of carboxylic acids is 1. The highest BCUT2D eigenvalue weighted by molar-refractivity contribution is 5.72. The third-order valence-corrected chi connectivity index (χ3v) is 7.50. The summed E-state index contributed by atoms with van der Waals surface area (Å²) in [6.07, 6.45) is 32.0. The SMILES string of the molecule is CC/C=C/C/C=C/C/C=C/CC(=O)OC(COCCC(C(=O)O)[N+](C)(C)C)COC(=O)CCCCC/C=C/CCCCCCCC. The van der Waals surface area contributed by atoms with Crippen LogP contribution >= 0.6 is 0 Å². The molecule has 0 radical (unpaired) electrons. The minimum atomic E-state index is -0.892. The van der Waals surface area contributed by atoms with Crippen molar-refractivity contribution >= 4 is 17.9 Å². The highest BCUT2D eigenvalue weighted by Gasteiger charge is 2.31. The molecule has 8 nitrogen and oxygen atoms in total. The van der Waals surface area contributed by atoms with Gasteiger partial charge in [-0.1, -0.05) is 101 Å². The van der Waals surface area contributed by atoms with E-state index in [1.165, 1.54) is 38.5 Å². The second-order valence-electron chi connectivity index (χ2n) is 12.8. The Balaban J connectivity index is 4.56. The average Bonchev–Trinajstić information content (AvgIpc) is 3.00. The first-order chi connectivity index (χ1) is 22.1. The van der Waals surface area contributed by atoms with Gasteiger partial charge in [0.1, 0.15) is 6.61 Å². The fourth-order valence-corrected chi connectivity index (χ4v) is 4.73. The molecule has 0 aliphatic heterocycles. The molecule has 2 atom stereocenters. The monoisotopic (exact) mass is 648 g/mol. The van der Waals surface area contributed by atoms with E-state index in [1.54, 1.807) is 6.08 Å². The van der Waals surface area contributed by atoms with E-state index >= 15 is 0 Å². The van der Waals surface area contributed by atoms with Crippen LogP contribution in [0.4, 0.5) is 0 Å². The molecule has 0 aromatic rings. The normalized spacial score (nSPS) is 13.7. The van der Waals surface area contributed by atoms with Gasteiger partial charge in [0.05, 0.1) is 40.8 Å². The van der Waals surface area contributed by atoms with Gasteiger partial charge in [0.2, 0.25) is 0 Å². The van der Waals surface area contributed by atoms with Crippen LogP contribution in [0.25, 0.3) is 0 Å². The van der Waals surface area contributed by atoms with E-state index < -0.39 is 24.1 Å². The molecule has 0 saturated heterocycles. The molecule has 8 heteroatoms. The van der Waals surface area contributed by atoms with Gasteiger partial charge in [-0.05, 0) is 51.4 Å². The van der Waals surface area contributed by atoms with Crippen molar-refractivity contribution in [3.63, 3.8) is 0 Å². The van der Waals surface area contributed by atoms with E-state index in [1.807, 2.05) is 33.3 Å². The summed E-state index contributed by atoms with van der Waals surface area (Å²) in [6, 6.07) is -0.628. The summed E-state index contributed by atoms with van der Waals surface area (Å²) in [5.41, 5.74) is 0. The fraction of sp³-hybridized carbons (Fsp3) is 0.711. The van der Waals surface area contributed by atoms with Gasteiger partial charge in [-0.25, -0.2) is 4.79 Å². The number of likely N-dealkylation sites (N-methyl/N-ethyl adjacent to an activating group) is 1. The molecule has 0 rings (SSSR count). The number of carboxylic acid groups (broad SMARTS) is 1. The molecule has 1 N–H and O–H groups in total. The molecule has 0 aromatic carbocycles. The van der Waals surface area contributed by atoms with Gasteiger partial charge in [-0.3, -0.25) is 9.59 Å². The number of esters is 2. The lowest BCUT2D eigenvalue weighted by Gasteiger charge is -2.31. The molecule has 0 spiro atoms. The zero-order valence-electron chi connectivity index (χ0n) is 29.8. The Morgan fingerprint density at radius 3 is 1.89 bits per heavy atom. The number of allylic oxidation sites excluding steroid dienone is 7. The molecule has 0 aliphatic carbocycles. The summed E-state index contributed by atoms with van der Waals surface area (Å²) >= 11 is 0. The van der Waals surface area contributed by atoms with Crippen LogP contribution < -0.4 is 0 Å². The number of quaternary nitrogens is 1. The first kappa shape index (κ1) is 43.3. The van der Waals surface area contributed by atoms with Crippen LogP contribution in [0, 0.1) is 0 Å². The molecular formula is C38H66NO7+. The predicted octanol–water partition coefficient (Wildman–Crippen LogP) is 8.51. The van der Waals surface area contributed by atoms with Gasteiger partial charge in [0, 0.05) is 12.8 Å². The molecule has 0 amide bonds. The van der Waals surface area contributed by atoms with Crippen LogP contribution in [-0.4, -0.2) is 80.6 Å². The Morgan fingerprint density at radius 2 is 1.28 bits per heavy atom. The van der Waals surface area contributed by atoms with Crippen molar-refractivity contribution in [1.29, 1.82) is 0 Å². The van der Waals surface area contributed by atoms with Crippen molar-refractivity contribution < 1.29 is 38.2 Å². The molecule has 264 valence electrons. The van der Waals surface area contributed by atoms with Gasteiger partial charge in [0.15, 0.2) is 12.1 Å². The molecule has 0 heterocycles. The zero-order chi connectivity index (χ0) is 34.3. The summed E-state index contributed by atoms with van der Waals surface area (Å²) < 4.78 is 17.0. The Hall–Kier alpha value is -2.71. The number of nitrogens with zero attached hydrogens (tertiary/aromatic N) is 1. The number of hydrogen-bond acceptors (Lipinski definition) is 6. The highest BCUT2D eigenvalue weighted by atomic mass is 16.6. The lowest BCUT2D eigenvalue weighted by molar-refractivity contribution is -0.887. The average molecular weight is 649 g/mol. The van der Waals surface area contributed by atoms with Crippen LogP contribution in [-0.2, 0) is 28.6 Å². The first-order valence-electron chi connectivity index (χ1n) is 17.7. The molecule has 0 fully saturated rings. The topological polar surface area (TPSA) is 99.1 Å². The Bertz CT molecular complexity index is 901.